The molecular weight excluding hydrogens is 234 g/mol. The lowest BCUT2D eigenvalue weighted by molar-refractivity contribution is -0.129. The van der Waals surface area contributed by atoms with Gasteiger partial charge in [0.2, 0.25) is 5.78 Å². The lowest BCUT2D eigenvalue weighted by Gasteiger charge is -2.04. The van der Waals surface area contributed by atoms with Gasteiger partial charge in [0.05, 0.1) is 6.42 Å². The highest BCUT2D eigenvalue weighted by molar-refractivity contribution is 6.31. The maximum atomic E-state index is 11.8. The number of hydrogen-bond acceptors (Lipinski definition) is 4. The van der Waals surface area contributed by atoms with E-state index in [1.165, 1.54) is 24.3 Å². The number of hydrogen-bond donors (Lipinski definition) is 0. The van der Waals surface area contributed by atoms with Crippen LogP contribution in [0.15, 0.2) is 24.3 Å². The molecular formula is C11H8F2O4. The number of ketones is 2. The summed E-state index contributed by atoms with van der Waals surface area (Å²) in [6.45, 7) is -2.94. The molecule has 0 atom stereocenters. The molecule has 1 rings (SSSR count). The van der Waals surface area contributed by atoms with Crippen molar-refractivity contribution in [1.29, 1.82) is 0 Å². The molecule has 17 heavy (non-hydrogen) atoms. The van der Waals surface area contributed by atoms with E-state index in [-0.39, 0.29) is 17.6 Å². The molecule has 0 saturated carbocycles. The zero-order valence-corrected chi connectivity index (χ0v) is 8.56. The minimum Gasteiger partial charge on any atom is -0.435 e. The maximum absolute atomic E-state index is 11.8. The number of aldehydes is 1. The van der Waals surface area contributed by atoms with E-state index >= 15 is 0 Å². The zero-order chi connectivity index (χ0) is 12.8. The molecule has 0 fully saturated rings. The number of ether oxygens (including phenoxy) is 1. The Hall–Kier alpha value is -2.11. The second-order valence-corrected chi connectivity index (χ2v) is 3.09. The second kappa shape index (κ2) is 5.83. The van der Waals surface area contributed by atoms with Crippen LogP contribution < -0.4 is 4.74 Å². The third-order valence-electron chi connectivity index (χ3n) is 1.87. The summed E-state index contributed by atoms with van der Waals surface area (Å²) in [7, 11) is 0. The fourth-order valence-corrected chi connectivity index (χ4v) is 1.12. The van der Waals surface area contributed by atoms with Gasteiger partial charge in [-0.3, -0.25) is 14.4 Å². The standard InChI is InChI=1S/C11H8F2O4/c12-11(13)17-9-3-1-7(2-4-9)10(16)5-8(15)6-14/h1-4,6,11H,5H2. The molecule has 0 heterocycles. The molecule has 0 spiro atoms. The van der Waals surface area contributed by atoms with E-state index in [9.17, 15) is 23.2 Å². The second-order valence-electron chi connectivity index (χ2n) is 3.09. The Bertz CT molecular complexity index is 426. The van der Waals surface area contributed by atoms with Gasteiger partial charge >= 0.3 is 6.61 Å². The summed E-state index contributed by atoms with van der Waals surface area (Å²) in [5, 5.41) is 0. The topological polar surface area (TPSA) is 60.4 Å². The summed E-state index contributed by atoms with van der Waals surface area (Å²) in [6, 6.07) is 4.87. The fraction of sp³-hybridized carbons (Fsp3) is 0.182. The Balaban J connectivity index is 2.70. The van der Waals surface area contributed by atoms with E-state index in [0.29, 0.717) is 0 Å². The number of Topliss-reactive ketones (excluding diaryl/α,β-unsaturated/α-hetero) is 2. The quantitative estimate of drug-likeness (QED) is 0.329. The predicted molar refractivity (Wildman–Crippen MR) is 53.1 cm³/mol. The Morgan fingerprint density at radius 2 is 1.82 bits per heavy atom. The first-order valence-electron chi connectivity index (χ1n) is 4.59. The van der Waals surface area contributed by atoms with Gasteiger partial charge in [0.1, 0.15) is 5.75 Å². The monoisotopic (exact) mass is 242 g/mol. The van der Waals surface area contributed by atoms with Crippen LogP contribution in [0.1, 0.15) is 16.8 Å². The lowest BCUT2D eigenvalue weighted by Crippen LogP contribution is -2.09. The minimum absolute atomic E-state index is 0.0617. The first-order valence-corrected chi connectivity index (χ1v) is 4.59. The fourth-order valence-electron chi connectivity index (χ4n) is 1.12. The third-order valence-corrected chi connectivity index (χ3v) is 1.87. The van der Waals surface area contributed by atoms with Crippen LogP contribution in [0.4, 0.5) is 8.78 Å². The SMILES string of the molecule is O=CC(=O)CC(=O)c1ccc(OC(F)F)cc1. The number of benzene rings is 1. The molecule has 4 nitrogen and oxygen atoms in total. The Labute approximate surface area is 95.2 Å². The number of carbonyl (C=O) groups is 3. The molecule has 1 aromatic rings. The van der Waals surface area contributed by atoms with Crippen molar-refractivity contribution in [1.82, 2.24) is 0 Å². The molecule has 0 radical (unpaired) electrons. The molecule has 0 saturated heterocycles. The number of alkyl halides is 2. The Kier molecular flexibility index (Phi) is 4.45. The molecule has 0 N–H and O–H groups in total. The van der Waals surface area contributed by atoms with Crippen LogP contribution in [0.5, 0.6) is 5.75 Å². The van der Waals surface area contributed by atoms with Crippen molar-refractivity contribution < 1.29 is 27.9 Å². The van der Waals surface area contributed by atoms with Gasteiger partial charge in [-0.2, -0.15) is 8.78 Å². The Morgan fingerprint density at radius 3 is 2.29 bits per heavy atom. The molecule has 0 aliphatic heterocycles. The highest BCUT2D eigenvalue weighted by atomic mass is 19.3. The van der Waals surface area contributed by atoms with Gasteiger partial charge in [0.25, 0.3) is 0 Å². The van der Waals surface area contributed by atoms with Gasteiger partial charge in [-0.15, -0.1) is 0 Å². The number of carbonyl (C=O) groups excluding carboxylic acids is 3. The van der Waals surface area contributed by atoms with Crippen LogP contribution in [0.25, 0.3) is 0 Å². The van der Waals surface area contributed by atoms with Gasteiger partial charge in [0, 0.05) is 5.56 Å². The normalized spacial score (nSPS) is 10.1. The predicted octanol–water partition coefficient (Wildman–Crippen LogP) is 1.63. The van der Waals surface area contributed by atoms with Gasteiger partial charge < -0.3 is 4.74 Å². The van der Waals surface area contributed by atoms with E-state index in [0.717, 1.165) is 0 Å². The van der Waals surface area contributed by atoms with Gasteiger partial charge in [-0.25, -0.2) is 0 Å². The van der Waals surface area contributed by atoms with Crippen molar-refractivity contribution in [3.8, 4) is 5.75 Å². The summed E-state index contributed by atoms with van der Waals surface area (Å²) in [5.41, 5.74) is 0.154. The average Bonchev–Trinajstić information content (AvgIpc) is 2.28. The van der Waals surface area contributed by atoms with Crippen molar-refractivity contribution in [2.24, 2.45) is 0 Å². The smallest absolute Gasteiger partial charge is 0.387 e. The summed E-state index contributed by atoms with van der Waals surface area (Å²) in [6.07, 6.45) is -0.468. The highest BCUT2D eigenvalue weighted by Crippen LogP contribution is 2.15. The van der Waals surface area contributed by atoms with Crippen molar-refractivity contribution >= 4 is 17.9 Å². The zero-order valence-electron chi connectivity index (χ0n) is 8.56. The van der Waals surface area contributed by atoms with E-state index in [1.54, 1.807) is 0 Å². The molecule has 0 amide bonds. The summed E-state index contributed by atoms with van der Waals surface area (Å²) in [4.78, 5) is 32.1. The lowest BCUT2D eigenvalue weighted by atomic mass is 10.1. The first-order chi connectivity index (χ1) is 8.02. The summed E-state index contributed by atoms with van der Waals surface area (Å²) in [5.74, 6) is -1.47. The van der Waals surface area contributed by atoms with Gasteiger partial charge in [-0.1, -0.05) is 0 Å². The van der Waals surface area contributed by atoms with Crippen LogP contribution in [0.2, 0.25) is 0 Å². The van der Waals surface area contributed by atoms with E-state index in [2.05, 4.69) is 4.74 Å². The maximum Gasteiger partial charge on any atom is 0.387 e. The summed E-state index contributed by atoms with van der Waals surface area (Å²) >= 11 is 0. The van der Waals surface area contributed by atoms with Crippen LogP contribution in [0.3, 0.4) is 0 Å². The van der Waals surface area contributed by atoms with Gasteiger partial charge in [0.15, 0.2) is 12.1 Å². The van der Waals surface area contributed by atoms with Crippen LogP contribution >= 0.6 is 0 Å². The van der Waals surface area contributed by atoms with Crippen molar-refractivity contribution in [2.45, 2.75) is 13.0 Å². The number of rotatable bonds is 6. The van der Waals surface area contributed by atoms with Gasteiger partial charge in [-0.05, 0) is 24.3 Å². The summed E-state index contributed by atoms with van der Waals surface area (Å²) < 4.78 is 27.7. The van der Waals surface area contributed by atoms with Crippen molar-refractivity contribution in [2.75, 3.05) is 0 Å². The third kappa shape index (κ3) is 4.10. The van der Waals surface area contributed by atoms with E-state index in [4.69, 9.17) is 0 Å². The van der Waals surface area contributed by atoms with E-state index in [1.807, 2.05) is 0 Å². The van der Waals surface area contributed by atoms with Crippen molar-refractivity contribution in [3.05, 3.63) is 29.8 Å². The minimum atomic E-state index is -2.94. The molecule has 90 valence electrons. The molecule has 0 aliphatic carbocycles. The molecule has 0 aromatic heterocycles. The van der Waals surface area contributed by atoms with E-state index < -0.39 is 24.6 Å². The average molecular weight is 242 g/mol. The highest BCUT2D eigenvalue weighted by Gasteiger charge is 2.11. The van der Waals surface area contributed by atoms with Crippen LogP contribution in [-0.4, -0.2) is 24.5 Å². The molecule has 1 aromatic carbocycles. The number of halogens is 2. The van der Waals surface area contributed by atoms with Crippen LogP contribution in [-0.2, 0) is 9.59 Å². The first kappa shape index (κ1) is 13.0. The largest absolute Gasteiger partial charge is 0.435 e. The molecule has 6 heteroatoms. The molecule has 0 aliphatic rings. The molecule has 0 bridgehead atoms. The van der Waals surface area contributed by atoms with Crippen molar-refractivity contribution in [3.63, 3.8) is 0 Å². The van der Waals surface area contributed by atoms with Crippen LogP contribution in [0, 0.1) is 0 Å². The Morgan fingerprint density at radius 1 is 1.24 bits per heavy atom. The molecule has 0 unspecified atom stereocenters.